The Labute approximate surface area is 221 Å². The molecule has 38 heavy (non-hydrogen) atoms. The van der Waals surface area contributed by atoms with Crippen molar-refractivity contribution in [2.24, 2.45) is 0 Å². The molecule has 2 heterocycles. The van der Waals surface area contributed by atoms with Gasteiger partial charge >= 0.3 is 0 Å². The lowest BCUT2D eigenvalue weighted by molar-refractivity contribution is 0.00570. The van der Waals surface area contributed by atoms with Crippen LogP contribution in [0.25, 0.3) is 11.3 Å². The van der Waals surface area contributed by atoms with Crippen LogP contribution < -0.4 is 0 Å². The Hall–Kier alpha value is -2.44. The topological polar surface area (TPSA) is 112 Å². The minimum atomic E-state index is -1.59. The molecule has 1 aliphatic heterocycles. The predicted octanol–water partition coefficient (Wildman–Crippen LogP) is 3.39. The molecule has 11 heteroatoms. The van der Waals surface area contributed by atoms with Crippen LogP contribution in [-0.2, 0) is 0 Å². The molecule has 1 saturated heterocycles. The van der Waals surface area contributed by atoms with Crippen molar-refractivity contribution in [2.45, 2.75) is 67.0 Å². The van der Waals surface area contributed by atoms with Crippen molar-refractivity contribution in [1.29, 1.82) is 0 Å². The summed E-state index contributed by atoms with van der Waals surface area (Å²) in [4.78, 5) is 0. The van der Waals surface area contributed by atoms with E-state index >= 15 is 0 Å². The number of hydrogen-bond acceptors (Lipinski definition) is 6. The molecule has 1 saturated carbocycles. The summed E-state index contributed by atoms with van der Waals surface area (Å²) in [5, 5.41) is 51.3. The van der Waals surface area contributed by atoms with Gasteiger partial charge in [0.1, 0.15) is 11.7 Å². The van der Waals surface area contributed by atoms with E-state index in [1.54, 1.807) is 13.8 Å². The van der Waals surface area contributed by atoms with Crippen LogP contribution in [0.5, 0.6) is 0 Å². The van der Waals surface area contributed by atoms with Gasteiger partial charge < -0.3 is 20.4 Å². The molecule has 4 N–H and O–H groups in total. The maximum absolute atomic E-state index is 13.7. The summed E-state index contributed by atoms with van der Waals surface area (Å²) < 4.78 is 42.1. The summed E-state index contributed by atoms with van der Waals surface area (Å²) in [5.74, 6) is -3.71. The van der Waals surface area contributed by atoms with Crippen LogP contribution in [0.1, 0.15) is 55.0 Å². The third-order valence-electron chi connectivity index (χ3n) is 7.55. The third kappa shape index (κ3) is 4.98. The highest BCUT2D eigenvalue weighted by Gasteiger charge is 2.49. The number of halogens is 3. The second kappa shape index (κ2) is 10.3. The van der Waals surface area contributed by atoms with E-state index in [1.165, 1.54) is 10.9 Å². The van der Waals surface area contributed by atoms with Crippen molar-refractivity contribution in [1.82, 2.24) is 15.0 Å². The summed E-state index contributed by atoms with van der Waals surface area (Å²) in [5.41, 5.74) is 0.932. The average Bonchev–Trinajstić information content (AvgIpc) is 3.59. The molecule has 2 unspecified atom stereocenters. The standard InChI is InChI=1S/C27H32F3N3O4S/c1-27(2,37)26(17-6-4-3-5-16(17)14-7-8-14)38-13-21(35)24(25(36)22(38)12-34)33-11-20(31-32-33)15-9-18(28)23(30)19(29)10-15/h3-6,9-11,14,21-22,24-26,34-38H,7-8,12-13H2,1-2H3/t21-,22+,24-,25-,26?/m0/s1. The van der Waals surface area contributed by atoms with Crippen LogP contribution in [0.15, 0.2) is 42.6 Å². The van der Waals surface area contributed by atoms with Crippen LogP contribution in [-0.4, -0.2) is 70.8 Å². The normalized spacial score (nSPS) is 27.9. The van der Waals surface area contributed by atoms with E-state index in [1.807, 2.05) is 18.2 Å². The predicted molar refractivity (Wildman–Crippen MR) is 139 cm³/mol. The molecule has 0 radical (unpaired) electrons. The summed E-state index contributed by atoms with van der Waals surface area (Å²) in [6, 6.07) is 8.53. The molecular formula is C27H32F3N3O4S. The van der Waals surface area contributed by atoms with Crippen molar-refractivity contribution in [3.05, 3.63) is 71.2 Å². The quantitative estimate of drug-likeness (QED) is 0.227. The fourth-order valence-electron chi connectivity index (χ4n) is 5.70. The number of rotatable bonds is 7. The molecule has 2 aromatic carbocycles. The molecule has 3 aromatic rings. The van der Waals surface area contributed by atoms with E-state index in [4.69, 9.17) is 0 Å². The van der Waals surface area contributed by atoms with E-state index in [2.05, 4.69) is 16.4 Å². The maximum Gasteiger partial charge on any atom is 0.194 e. The lowest BCUT2D eigenvalue weighted by atomic mass is 9.92. The van der Waals surface area contributed by atoms with Crippen LogP contribution in [0.2, 0.25) is 0 Å². The molecule has 2 fully saturated rings. The summed E-state index contributed by atoms with van der Waals surface area (Å²) in [6.07, 6.45) is 1.11. The smallest absolute Gasteiger partial charge is 0.194 e. The van der Waals surface area contributed by atoms with E-state index < -0.39 is 62.7 Å². The van der Waals surface area contributed by atoms with Crippen molar-refractivity contribution >= 4 is 10.9 Å². The minimum absolute atomic E-state index is 0.0308. The van der Waals surface area contributed by atoms with Gasteiger partial charge in [-0.25, -0.2) is 28.7 Å². The van der Waals surface area contributed by atoms with Crippen LogP contribution in [0.3, 0.4) is 0 Å². The number of benzene rings is 2. The number of thiol groups is 1. The summed E-state index contributed by atoms with van der Waals surface area (Å²) in [6.45, 7) is 3.06. The first-order valence-corrected chi connectivity index (χ1v) is 14.3. The Balaban J connectivity index is 1.48. The first kappa shape index (κ1) is 27.1. The van der Waals surface area contributed by atoms with Crippen LogP contribution in [0, 0.1) is 17.5 Å². The lowest BCUT2D eigenvalue weighted by Gasteiger charge is -2.51. The Kier molecular flexibility index (Phi) is 7.34. The molecule has 0 amide bonds. The number of nitrogens with zero attached hydrogens (tertiary/aromatic N) is 3. The second-order valence-corrected chi connectivity index (χ2v) is 13.4. The Bertz CT molecular complexity index is 1290. The van der Waals surface area contributed by atoms with Gasteiger partial charge in [0, 0.05) is 21.8 Å². The minimum Gasteiger partial charge on any atom is -0.395 e. The maximum atomic E-state index is 13.7. The van der Waals surface area contributed by atoms with Gasteiger partial charge in [-0.15, -0.1) is 5.10 Å². The van der Waals surface area contributed by atoms with E-state index in [-0.39, 0.29) is 23.6 Å². The largest absolute Gasteiger partial charge is 0.395 e. The molecule has 6 atom stereocenters. The zero-order valence-corrected chi connectivity index (χ0v) is 21.9. The van der Waals surface area contributed by atoms with E-state index in [0.29, 0.717) is 5.92 Å². The van der Waals surface area contributed by atoms with Gasteiger partial charge in [0.25, 0.3) is 0 Å². The van der Waals surface area contributed by atoms with E-state index in [0.717, 1.165) is 36.1 Å². The van der Waals surface area contributed by atoms with Gasteiger partial charge in [-0.2, -0.15) is 0 Å². The van der Waals surface area contributed by atoms with Gasteiger partial charge in [0.15, 0.2) is 17.5 Å². The highest BCUT2D eigenvalue weighted by molar-refractivity contribution is 8.18. The lowest BCUT2D eigenvalue weighted by Crippen LogP contribution is -2.52. The van der Waals surface area contributed by atoms with Crippen LogP contribution in [0.4, 0.5) is 13.2 Å². The number of aromatic nitrogens is 3. The van der Waals surface area contributed by atoms with Crippen molar-refractivity contribution in [2.75, 3.05) is 12.4 Å². The van der Waals surface area contributed by atoms with Gasteiger partial charge in [0.2, 0.25) is 0 Å². The monoisotopic (exact) mass is 551 g/mol. The summed E-state index contributed by atoms with van der Waals surface area (Å²) in [7, 11) is -1.32. The van der Waals surface area contributed by atoms with Crippen LogP contribution >= 0.6 is 10.9 Å². The van der Waals surface area contributed by atoms with Crippen molar-refractivity contribution in [3.8, 4) is 11.3 Å². The number of hydrogen-bond donors (Lipinski definition) is 5. The number of aliphatic hydroxyl groups excluding tert-OH is 3. The molecule has 0 bridgehead atoms. The van der Waals surface area contributed by atoms with Gasteiger partial charge in [-0.05, 0) is 55.9 Å². The van der Waals surface area contributed by atoms with Gasteiger partial charge in [-0.3, -0.25) is 0 Å². The van der Waals surface area contributed by atoms with E-state index in [9.17, 15) is 33.6 Å². The van der Waals surface area contributed by atoms with Crippen molar-refractivity contribution < 1.29 is 33.6 Å². The number of aliphatic hydroxyl groups is 4. The zero-order chi connectivity index (χ0) is 27.4. The molecule has 206 valence electrons. The van der Waals surface area contributed by atoms with Gasteiger partial charge in [-0.1, -0.05) is 29.5 Å². The third-order valence-corrected chi connectivity index (χ3v) is 11.2. The SMILES string of the molecule is CC(C)(O)C(c1ccccc1C1CC1)[SH]1C[C@H](O)[C@H](n2cc(-c3cc(F)c(F)c(F)c3)nn2)[C@@H](O)[C@H]1CO. The summed E-state index contributed by atoms with van der Waals surface area (Å²) >= 11 is 0. The second-order valence-electron chi connectivity index (χ2n) is 10.8. The Morgan fingerprint density at radius 3 is 2.37 bits per heavy atom. The Morgan fingerprint density at radius 2 is 1.76 bits per heavy atom. The fraction of sp³-hybridized carbons (Fsp3) is 0.481. The van der Waals surface area contributed by atoms with Gasteiger partial charge in [0.05, 0.1) is 30.6 Å². The first-order valence-electron chi connectivity index (χ1n) is 12.6. The molecule has 0 spiro atoms. The fourth-order valence-corrected chi connectivity index (χ4v) is 9.40. The molecule has 2 aliphatic rings. The highest BCUT2D eigenvalue weighted by atomic mass is 32.2. The van der Waals surface area contributed by atoms with Crippen molar-refractivity contribution in [3.63, 3.8) is 0 Å². The molecule has 1 aliphatic carbocycles. The molecule has 7 nitrogen and oxygen atoms in total. The average molecular weight is 552 g/mol. The molecule has 5 rings (SSSR count). The first-order chi connectivity index (χ1) is 18.0. The molecule has 1 aromatic heterocycles. The molecular weight excluding hydrogens is 519 g/mol. The highest BCUT2D eigenvalue weighted by Crippen LogP contribution is 2.59. The zero-order valence-electron chi connectivity index (χ0n) is 21.0. The Morgan fingerprint density at radius 1 is 1.11 bits per heavy atom.